The molecule has 1 atom stereocenters. The van der Waals surface area contributed by atoms with Crippen LogP contribution in [0.1, 0.15) is 41.5 Å². The Morgan fingerprint density at radius 1 is 1.24 bits per heavy atom. The maximum atomic E-state index is 12.5. The molecule has 2 rings (SSSR count). The lowest BCUT2D eigenvalue weighted by Gasteiger charge is -2.17. The fourth-order valence-electron chi connectivity index (χ4n) is 2.47. The first-order valence-corrected chi connectivity index (χ1v) is 8.88. The van der Waals surface area contributed by atoms with Crippen LogP contribution in [0, 0.1) is 6.92 Å². The number of alkyl halides is 3. The maximum Gasteiger partial charge on any atom is 0.422 e. The van der Waals surface area contributed by atoms with E-state index in [1.54, 1.807) is 26.0 Å². The number of hydrogen-bond acceptors (Lipinski definition) is 4. The minimum absolute atomic E-state index is 0.109. The molecule has 1 aromatic heterocycles. The monoisotopic (exact) mass is 429 g/mol. The number of rotatable bonds is 6. The summed E-state index contributed by atoms with van der Waals surface area (Å²) < 4.78 is 41.4. The van der Waals surface area contributed by atoms with Gasteiger partial charge in [-0.3, -0.25) is 9.59 Å². The van der Waals surface area contributed by atoms with E-state index in [9.17, 15) is 22.8 Å². The number of halogens is 4. The number of aryl methyl sites for hydroxylation is 1. The molecule has 29 heavy (non-hydrogen) atoms. The SMILES string of the molecule is CC(=O)Nc1cc(C(C)NC(=O)c2ccc(OCC(F)(F)F)c(Cl)c2)cc(C)n1. The fourth-order valence-corrected chi connectivity index (χ4v) is 2.71. The second-order valence-electron chi connectivity index (χ2n) is 6.35. The number of anilines is 1. The third-order valence-corrected chi connectivity index (χ3v) is 4.01. The first-order chi connectivity index (χ1) is 13.4. The lowest BCUT2D eigenvalue weighted by atomic mass is 10.1. The molecule has 10 heteroatoms. The molecule has 0 fully saturated rings. The predicted octanol–water partition coefficient (Wildman–Crippen LogP) is 4.43. The second kappa shape index (κ2) is 9.13. The number of pyridine rings is 1. The number of aromatic nitrogens is 1. The van der Waals surface area contributed by atoms with E-state index < -0.39 is 24.7 Å². The number of amides is 2. The Morgan fingerprint density at radius 3 is 2.52 bits per heavy atom. The van der Waals surface area contributed by atoms with E-state index in [0.717, 1.165) is 0 Å². The zero-order valence-corrected chi connectivity index (χ0v) is 16.6. The van der Waals surface area contributed by atoms with Gasteiger partial charge in [-0.25, -0.2) is 4.98 Å². The second-order valence-corrected chi connectivity index (χ2v) is 6.76. The Balaban J connectivity index is 2.10. The van der Waals surface area contributed by atoms with Crippen molar-refractivity contribution in [1.29, 1.82) is 0 Å². The molecule has 0 aliphatic heterocycles. The van der Waals surface area contributed by atoms with Gasteiger partial charge in [0.15, 0.2) is 6.61 Å². The summed E-state index contributed by atoms with van der Waals surface area (Å²) in [6.07, 6.45) is -4.49. The van der Waals surface area contributed by atoms with E-state index in [-0.39, 0.29) is 22.2 Å². The fraction of sp³-hybridized carbons (Fsp3) is 0.316. The number of benzene rings is 1. The topological polar surface area (TPSA) is 80.3 Å². The molecule has 156 valence electrons. The highest BCUT2D eigenvalue weighted by molar-refractivity contribution is 6.32. The molecular weight excluding hydrogens is 411 g/mol. The molecule has 2 amide bonds. The lowest BCUT2D eigenvalue weighted by Crippen LogP contribution is -2.27. The average Bonchev–Trinajstić information content (AvgIpc) is 2.58. The van der Waals surface area contributed by atoms with E-state index >= 15 is 0 Å². The molecule has 0 aliphatic carbocycles. The van der Waals surface area contributed by atoms with Gasteiger partial charge in [0, 0.05) is 18.2 Å². The highest BCUT2D eigenvalue weighted by Crippen LogP contribution is 2.28. The molecule has 0 spiro atoms. The first-order valence-electron chi connectivity index (χ1n) is 8.51. The number of hydrogen-bond donors (Lipinski definition) is 2. The van der Waals surface area contributed by atoms with Crippen molar-refractivity contribution in [2.45, 2.75) is 33.0 Å². The van der Waals surface area contributed by atoms with Crippen LogP contribution in [0.25, 0.3) is 0 Å². The normalized spacial score (nSPS) is 12.2. The molecule has 0 aliphatic rings. The standard InChI is InChI=1S/C19H19ClF3N3O3/c1-10-6-14(8-17(24-10)26-12(3)27)11(2)25-18(28)13-4-5-16(15(20)7-13)29-9-19(21,22)23/h4-8,11H,9H2,1-3H3,(H,25,28)(H,24,26,27). The first kappa shape index (κ1) is 22.5. The van der Waals surface area contributed by atoms with Crippen molar-refractivity contribution >= 4 is 29.2 Å². The summed E-state index contributed by atoms with van der Waals surface area (Å²) in [5.41, 5.74) is 1.53. The van der Waals surface area contributed by atoms with E-state index in [1.807, 2.05) is 0 Å². The average molecular weight is 430 g/mol. The van der Waals surface area contributed by atoms with Crippen LogP contribution in [0.5, 0.6) is 5.75 Å². The number of nitrogens with one attached hydrogen (secondary N) is 2. The molecule has 1 heterocycles. The molecule has 0 saturated heterocycles. The molecule has 0 bridgehead atoms. The summed E-state index contributed by atoms with van der Waals surface area (Å²) in [7, 11) is 0. The number of nitrogens with zero attached hydrogens (tertiary/aromatic N) is 1. The van der Waals surface area contributed by atoms with Crippen LogP contribution in [0.4, 0.5) is 19.0 Å². The van der Waals surface area contributed by atoms with Crippen molar-refractivity contribution in [2.75, 3.05) is 11.9 Å². The van der Waals surface area contributed by atoms with E-state index in [2.05, 4.69) is 20.4 Å². The minimum Gasteiger partial charge on any atom is -0.483 e. The quantitative estimate of drug-likeness (QED) is 0.711. The smallest absolute Gasteiger partial charge is 0.422 e. The van der Waals surface area contributed by atoms with Gasteiger partial charge >= 0.3 is 6.18 Å². The zero-order valence-electron chi connectivity index (χ0n) is 15.9. The van der Waals surface area contributed by atoms with Crippen LogP contribution in [0.2, 0.25) is 5.02 Å². The number of ether oxygens (including phenoxy) is 1. The van der Waals surface area contributed by atoms with Crippen molar-refractivity contribution in [2.24, 2.45) is 0 Å². The summed E-state index contributed by atoms with van der Waals surface area (Å²) in [4.78, 5) is 27.9. The molecule has 2 N–H and O–H groups in total. The van der Waals surface area contributed by atoms with Crippen LogP contribution >= 0.6 is 11.6 Å². The number of carbonyl (C=O) groups excluding carboxylic acids is 2. The number of carbonyl (C=O) groups is 2. The third kappa shape index (κ3) is 6.94. The summed E-state index contributed by atoms with van der Waals surface area (Å²) in [6.45, 7) is 3.38. The Kier molecular flexibility index (Phi) is 7.07. The lowest BCUT2D eigenvalue weighted by molar-refractivity contribution is -0.153. The van der Waals surface area contributed by atoms with Gasteiger partial charge in [-0.1, -0.05) is 11.6 Å². The summed E-state index contributed by atoms with van der Waals surface area (Å²) in [6, 6.07) is 6.73. The van der Waals surface area contributed by atoms with Crippen LogP contribution in [0.15, 0.2) is 30.3 Å². The molecule has 0 radical (unpaired) electrons. The van der Waals surface area contributed by atoms with Crippen molar-refractivity contribution in [1.82, 2.24) is 10.3 Å². The van der Waals surface area contributed by atoms with Gasteiger partial charge in [-0.2, -0.15) is 13.2 Å². The van der Waals surface area contributed by atoms with Crippen LogP contribution in [-0.4, -0.2) is 29.6 Å². The van der Waals surface area contributed by atoms with Crippen LogP contribution < -0.4 is 15.4 Å². The van der Waals surface area contributed by atoms with Gasteiger partial charge in [-0.15, -0.1) is 0 Å². The minimum atomic E-state index is -4.49. The van der Waals surface area contributed by atoms with Crippen molar-refractivity contribution in [3.63, 3.8) is 0 Å². The van der Waals surface area contributed by atoms with Gasteiger partial charge in [0.05, 0.1) is 11.1 Å². The van der Waals surface area contributed by atoms with E-state index in [4.69, 9.17) is 11.6 Å². The molecular formula is C19H19ClF3N3O3. The molecule has 2 aromatic rings. The van der Waals surface area contributed by atoms with Gasteiger partial charge < -0.3 is 15.4 Å². The Morgan fingerprint density at radius 2 is 1.93 bits per heavy atom. The van der Waals surface area contributed by atoms with Crippen LogP contribution in [0.3, 0.4) is 0 Å². The Bertz CT molecular complexity index is 919. The molecule has 0 saturated carbocycles. The van der Waals surface area contributed by atoms with Gasteiger partial charge in [0.2, 0.25) is 5.91 Å². The maximum absolute atomic E-state index is 12.5. The van der Waals surface area contributed by atoms with E-state index in [1.165, 1.54) is 25.1 Å². The Labute approximate surface area is 170 Å². The summed E-state index contributed by atoms with van der Waals surface area (Å²) >= 11 is 5.93. The molecule has 1 aromatic carbocycles. The largest absolute Gasteiger partial charge is 0.483 e. The molecule has 6 nitrogen and oxygen atoms in total. The molecule has 1 unspecified atom stereocenters. The highest BCUT2D eigenvalue weighted by atomic mass is 35.5. The van der Waals surface area contributed by atoms with Crippen LogP contribution in [-0.2, 0) is 4.79 Å². The van der Waals surface area contributed by atoms with Crippen molar-refractivity contribution < 1.29 is 27.5 Å². The Hall–Kier alpha value is -2.81. The summed E-state index contributed by atoms with van der Waals surface area (Å²) in [5, 5.41) is 5.24. The van der Waals surface area contributed by atoms with Crippen molar-refractivity contribution in [3.8, 4) is 5.75 Å². The van der Waals surface area contributed by atoms with E-state index in [0.29, 0.717) is 17.1 Å². The third-order valence-electron chi connectivity index (χ3n) is 3.71. The van der Waals surface area contributed by atoms with Gasteiger partial charge in [0.25, 0.3) is 5.91 Å². The zero-order chi connectivity index (χ0) is 21.8. The highest BCUT2D eigenvalue weighted by Gasteiger charge is 2.29. The van der Waals surface area contributed by atoms with Crippen molar-refractivity contribution in [3.05, 3.63) is 52.2 Å². The van der Waals surface area contributed by atoms with Gasteiger partial charge in [-0.05, 0) is 49.7 Å². The van der Waals surface area contributed by atoms with Gasteiger partial charge in [0.1, 0.15) is 11.6 Å². The summed E-state index contributed by atoms with van der Waals surface area (Å²) in [5.74, 6) is -0.549. The predicted molar refractivity (Wildman–Crippen MR) is 102 cm³/mol.